The number of piperidine rings is 1. The van der Waals surface area contributed by atoms with E-state index >= 15 is 0 Å². The highest BCUT2D eigenvalue weighted by atomic mass is 19.4. The molecule has 0 spiro atoms. The summed E-state index contributed by atoms with van der Waals surface area (Å²) in [7, 11) is 0. The van der Waals surface area contributed by atoms with Crippen LogP contribution >= 0.6 is 0 Å². The molecule has 3 heterocycles. The molecule has 0 atom stereocenters. The normalized spacial score (nSPS) is 14.9. The number of carboxylic acids is 1. The van der Waals surface area contributed by atoms with Crippen molar-refractivity contribution in [3.8, 4) is 0 Å². The summed E-state index contributed by atoms with van der Waals surface area (Å²) >= 11 is 0. The number of hydrogen-bond acceptors (Lipinski definition) is 5. The molecule has 0 unspecified atom stereocenters. The van der Waals surface area contributed by atoms with Crippen LogP contribution in [0.4, 0.5) is 13.2 Å². The van der Waals surface area contributed by atoms with Gasteiger partial charge in [-0.05, 0) is 25.8 Å². The second kappa shape index (κ2) is 9.59. The fourth-order valence-corrected chi connectivity index (χ4v) is 2.87. The van der Waals surface area contributed by atoms with Crippen LogP contribution in [0.15, 0.2) is 17.1 Å². The first-order valence-corrected chi connectivity index (χ1v) is 9.26. The zero-order chi connectivity index (χ0) is 22.5. The van der Waals surface area contributed by atoms with Crippen molar-refractivity contribution in [2.45, 2.75) is 51.9 Å². The average molecular weight is 432 g/mol. The van der Waals surface area contributed by atoms with Crippen LogP contribution in [-0.2, 0) is 22.3 Å². The van der Waals surface area contributed by atoms with Crippen molar-refractivity contribution in [2.24, 2.45) is 0 Å². The van der Waals surface area contributed by atoms with Gasteiger partial charge < -0.3 is 10.0 Å². The Kier molecular flexibility index (Phi) is 7.40. The number of aromatic nitrogens is 5. The van der Waals surface area contributed by atoms with Gasteiger partial charge in [0.05, 0.1) is 6.04 Å². The van der Waals surface area contributed by atoms with Crippen LogP contribution in [-0.4, -0.2) is 59.7 Å². The van der Waals surface area contributed by atoms with Crippen molar-refractivity contribution < 1.29 is 27.9 Å². The molecule has 2 aromatic heterocycles. The SMILES string of the molecule is CCC(=O)O.Cc1cc(C(F)(F)F)nn1CC(=O)N1CCC(n2ncc(=O)[nH]2)CC1. The molecule has 3 rings (SSSR count). The number of aliphatic carboxylic acids is 1. The summed E-state index contributed by atoms with van der Waals surface area (Å²) in [5.74, 6) is -1.03. The van der Waals surface area contributed by atoms with E-state index in [1.165, 1.54) is 17.9 Å². The van der Waals surface area contributed by atoms with Gasteiger partial charge in [-0.15, -0.1) is 0 Å². The molecule has 2 N–H and O–H groups in total. The van der Waals surface area contributed by atoms with Crippen molar-refractivity contribution in [2.75, 3.05) is 13.1 Å². The molecule has 0 saturated carbocycles. The second-order valence-corrected chi connectivity index (χ2v) is 6.75. The third kappa shape index (κ3) is 6.19. The summed E-state index contributed by atoms with van der Waals surface area (Å²) in [6.07, 6.45) is -1.90. The highest BCUT2D eigenvalue weighted by Crippen LogP contribution is 2.28. The molecule has 0 radical (unpaired) electrons. The lowest BCUT2D eigenvalue weighted by atomic mass is 10.1. The van der Waals surface area contributed by atoms with Crippen LogP contribution in [0.3, 0.4) is 0 Å². The Balaban J connectivity index is 0.000000575. The Labute approximate surface area is 169 Å². The molecule has 0 bridgehead atoms. The molecule has 0 aromatic carbocycles. The smallest absolute Gasteiger partial charge is 0.435 e. The van der Waals surface area contributed by atoms with Crippen LogP contribution in [0.25, 0.3) is 0 Å². The van der Waals surface area contributed by atoms with Crippen LogP contribution in [0.5, 0.6) is 0 Å². The topological polar surface area (TPSA) is 126 Å². The summed E-state index contributed by atoms with van der Waals surface area (Å²) in [4.78, 5) is 35.9. The zero-order valence-corrected chi connectivity index (χ0v) is 16.5. The lowest BCUT2D eigenvalue weighted by Crippen LogP contribution is -2.41. The predicted molar refractivity (Wildman–Crippen MR) is 97.6 cm³/mol. The molecule has 10 nitrogen and oxygen atoms in total. The molecule has 166 valence electrons. The molecule has 1 fully saturated rings. The van der Waals surface area contributed by atoms with Gasteiger partial charge in [-0.1, -0.05) is 6.92 Å². The summed E-state index contributed by atoms with van der Waals surface area (Å²) < 4.78 is 39.1. The molecule has 1 amide bonds. The van der Waals surface area contributed by atoms with Crippen molar-refractivity contribution >= 4 is 11.9 Å². The van der Waals surface area contributed by atoms with Gasteiger partial charge in [-0.3, -0.25) is 19.1 Å². The number of aromatic amines is 1. The minimum Gasteiger partial charge on any atom is -0.481 e. The lowest BCUT2D eigenvalue weighted by molar-refractivity contribution is -0.142. The minimum absolute atomic E-state index is 0.00461. The van der Waals surface area contributed by atoms with E-state index in [9.17, 15) is 27.6 Å². The fourth-order valence-electron chi connectivity index (χ4n) is 2.87. The molecule has 1 aliphatic heterocycles. The third-order valence-corrected chi connectivity index (χ3v) is 4.55. The Bertz CT molecular complexity index is 925. The van der Waals surface area contributed by atoms with E-state index in [-0.39, 0.29) is 36.2 Å². The highest BCUT2D eigenvalue weighted by Gasteiger charge is 2.35. The van der Waals surface area contributed by atoms with Gasteiger partial charge in [-0.25, -0.2) is 9.90 Å². The summed E-state index contributed by atoms with van der Waals surface area (Å²) in [6, 6.07) is 0.920. The highest BCUT2D eigenvalue weighted by molar-refractivity contribution is 5.76. The van der Waals surface area contributed by atoms with Crippen LogP contribution in [0.1, 0.15) is 43.6 Å². The van der Waals surface area contributed by atoms with Gasteiger partial charge in [0.15, 0.2) is 5.69 Å². The van der Waals surface area contributed by atoms with Gasteiger partial charge in [-0.2, -0.15) is 23.4 Å². The standard InChI is InChI=1S/C14H17F3N6O2.C3H6O2/c1-9-6-11(14(15,16)17)19-22(9)8-13(25)21-4-2-10(3-5-21)23-18-7-12(24)20-23;1-2-3(4)5/h6-7,10H,2-5,8H2,1H3,(H,20,24);2H2,1H3,(H,4,5). The maximum atomic E-state index is 12.7. The molecule has 1 aliphatic rings. The number of carbonyl (C=O) groups excluding carboxylic acids is 1. The van der Waals surface area contributed by atoms with Crippen molar-refractivity contribution in [1.82, 2.24) is 29.7 Å². The molecular formula is C17H23F3N6O4. The van der Waals surface area contributed by atoms with Gasteiger partial charge in [0.2, 0.25) is 5.91 Å². The fraction of sp³-hybridized carbons (Fsp3) is 0.588. The number of likely N-dealkylation sites (tertiary alicyclic amines) is 1. The summed E-state index contributed by atoms with van der Waals surface area (Å²) in [5.41, 5.74) is -1.00. The van der Waals surface area contributed by atoms with Gasteiger partial charge in [0.1, 0.15) is 12.7 Å². The molecule has 1 saturated heterocycles. The number of carbonyl (C=O) groups is 2. The number of hydrogen-bond donors (Lipinski definition) is 2. The summed E-state index contributed by atoms with van der Waals surface area (Å²) in [6.45, 7) is 3.74. The van der Waals surface area contributed by atoms with Crippen molar-refractivity contribution in [3.05, 3.63) is 34.0 Å². The van der Waals surface area contributed by atoms with E-state index in [4.69, 9.17) is 5.11 Å². The monoisotopic (exact) mass is 432 g/mol. The van der Waals surface area contributed by atoms with E-state index in [2.05, 4.69) is 15.3 Å². The minimum atomic E-state index is -4.53. The first kappa shape index (κ1) is 23.2. The first-order chi connectivity index (χ1) is 14.0. The Hall–Kier alpha value is -3.12. The van der Waals surface area contributed by atoms with E-state index in [1.54, 1.807) is 11.8 Å². The Morgan fingerprint density at radius 3 is 2.33 bits per heavy atom. The van der Waals surface area contributed by atoms with Crippen molar-refractivity contribution in [1.29, 1.82) is 0 Å². The van der Waals surface area contributed by atoms with Crippen LogP contribution in [0, 0.1) is 6.92 Å². The van der Waals surface area contributed by atoms with Crippen LogP contribution in [0.2, 0.25) is 0 Å². The maximum absolute atomic E-state index is 12.7. The molecular weight excluding hydrogens is 409 g/mol. The first-order valence-electron chi connectivity index (χ1n) is 9.26. The number of carboxylic acid groups (broad SMARTS) is 1. The average Bonchev–Trinajstić information content (AvgIpc) is 3.28. The zero-order valence-electron chi connectivity index (χ0n) is 16.5. The maximum Gasteiger partial charge on any atom is 0.435 e. The number of halogens is 3. The van der Waals surface area contributed by atoms with E-state index in [0.717, 1.165) is 10.7 Å². The molecule has 0 aliphatic carbocycles. The number of aryl methyl sites for hydroxylation is 1. The van der Waals surface area contributed by atoms with E-state index in [1.807, 2.05) is 0 Å². The number of rotatable bonds is 4. The lowest BCUT2D eigenvalue weighted by Gasteiger charge is -2.31. The Morgan fingerprint density at radius 2 is 1.90 bits per heavy atom. The number of H-pyrrole nitrogens is 1. The third-order valence-electron chi connectivity index (χ3n) is 4.55. The number of amides is 1. The van der Waals surface area contributed by atoms with Crippen molar-refractivity contribution in [3.63, 3.8) is 0 Å². The molecule has 30 heavy (non-hydrogen) atoms. The van der Waals surface area contributed by atoms with E-state index in [0.29, 0.717) is 25.9 Å². The quantitative estimate of drug-likeness (QED) is 0.753. The molecule has 2 aromatic rings. The predicted octanol–water partition coefficient (Wildman–Crippen LogP) is 1.44. The van der Waals surface area contributed by atoms with Crippen LogP contribution < -0.4 is 5.56 Å². The number of nitrogens with zero attached hydrogens (tertiary/aromatic N) is 5. The second-order valence-electron chi connectivity index (χ2n) is 6.75. The number of nitrogens with one attached hydrogen (secondary N) is 1. The van der Waals surface area contributed by atoms with Gasteiger partial charge in [0, 0.05) is 25.2 Å². The largest absolute Gasteiger partial charge is 0.481 e. The Morgan fingerprint density at radius 1 is 1.30 bits per heavy atom. The van der Waals surface area contributed by atoms with Gasteiger partial charge >= 0.3 is 12.1 Å². The van der Waals surface area contributed by atoms with Gasteiger partial charge in [0.25, 0.3) is 5.56 Å². The summed E-state index contributed by atoms with van der Waals surface area (Å²) in [5, 5.41) is 17.7. The van der Waals surface area contributed by atoms with E-state index < -0.39 is 17.8 Å². The number of alkyl halides is 3. The molecule has 13 heteroatoms.